The Morgan fingerprint density at radius 1 is 1.58 bits per heavy atom. The fourth-order valence-electron chi connectivity index (χ4n) is 1.31. The molecule has 3 heteroatoms. The molecule has 1 unspecified atom stereocenters. The van der Waals surface area contributed by atoms with E-state index in [1.807, 2.05) is 6.08 Å². The normalized spacial score (nSPS) is 24.2. The molecule has 0 saturated carbocycles. The Bertz CT molecular complexity index is 171. The first-order valence-electron chi connectivity index (χ1n) is 4.32. The summed E-state index contributed by atoms with van der Waals surface area (Å²) in [6, 6.07) is 0.359. The van der Waals surface area contributed by atoms with Crippen molar-refractivity contribution in [1.29, 1.82) is 0 Å². The molecule has 68 valence electrons. The summed E-state index contributed by atoms with van der Waals surface area (Å²) in [7, 11) is 1.39. The van der Waals surface area contributed by atoms with Crippen molar-refractivity contribution in [2.24, 2.45) is 0 Å². The average Bonchev–Trinajstić information content (AvgIpc) is 2.16. The lowest BCUT2D eigenvalue weighted by Gasteiger charge is -2.19. The van der Waals surface area contributed by atoms with Gasteiger partial charge in [-0.1, -0.05) is 12.5 Å². The van der Waals surface area contributed by atoms with Gasteiger partial charge in [-0.3, -0.25) is 0 Å². The van der Waals surface area contributed by atoms with Gasteiger partial charge < -0.3 is 10.1 Å². The van der Waals surface area contributed by atoms with E-state index in [-0.39, 0.29) is 5.97 Å². The van der Waals surface area contributed by atoms with Crippen molar-refractivity contribution in [3.63, 3.8) is 0 Å². The molecule has 0 aliphatic carbocycles. The number of nitrogens with one attached hydrogen (secondary N) is 1. The van der Waals surface area contributed by atoms with Crippen molar-refractivity contribution in [2.75, 3.05) is 13.7 Å². The summed E-state index contributed by atoms with van der Waals surface area (Å²) in [6.07, 6.45) is 6.97. The fourth-order valence-corrected chi connectivity index (χ4v) is 1.31. The molecule has 0 radical (unpaired) electrons. The molecule has 1 aliphatic rings. The summed E-state index contributed by atoms with van der Waals surface area (Å²) >= 11 is 0. The smallest absolute Gasteiger partial charge is 0.330 e. The highest BCUT2D eigenvalue weighted by atomic mass is 16.5. The molecule has 12 heavy (non-hydrogen) atoms. The molecule has 0 aromatic rings. The maximum Gasteiger partial charge on any atom is 0.330 e. The van der Waals surface area contributed by atoms with Gasteiger partial charge in [-0.15, -0.1) is 0 Å². The van der Waals surface area contributed by atoms with Crippen LogP contribution in [0.25, 0.3) is 0 Å². The van der Waals surface area contributed by atoms with Crippen LogP contribution in [0.5, 0.6) is 0 Å². The Morgan fingerprint density at radius 3 is 3.00 bits per heavy atom. The minimum absolute atomic E-state index is 0.276. The molecule has 1 fully saturated rings. The van der Waals surface area contributed by atoms with Crippen LogP contribution >= 0.6 is 0 Å². The number of methoxy groups -OCH3 is 1. The first-order valence-corrected chi connectivity index (χ1v) is 4.32. The highest BCUT2D eigenvalue weighted by Gasteiger charge is 2.08. The number of hydrogen-bond acceptors (Lipinski definition) is 3. The van der Waals surface area contributed by atoms with Crippen molar-refractivity contribution in [2.45, 2.75) is 25.3 Å². The predicted molar refractivity (Wildman–Crippen MR) is 46.8 cm³/mol. The molecule has 1 saturated heterocycles. The van der Waals surface area contributed by atoms with Crippen LogP contribution in [-0.4, -0.2) is 25.7 Å². The lowest BCUT2D eigenvalue weighted by molar-refractivity contribution is -0.134. The fraction of sp³-hybridized carbons (Fsp3) is 0.667. The number of ether oxygens (including phenoxy) is 1. The van der Waals surface area contributed by atoms with Crippen LogP contribution in [0.1, 0.15) is 19.3 Å². The zero-order valence-corrected chi connectivity index (χ0v) is 7.38. The van der Waals surface area contributed by atoms with Gasteiger partial charge in [0.2, 0.25) is 0 Å². The van der Waals surface area contributed by atoms with Crippen molar-refractivity contribution in [3.8, 4) is 0 Å². The van der Waals surface area contributed by atoms with E-state index in [1.54, 1.807) is 0 Å². The lowest BCUT2D eigenvalue weighted by Crippen LogP contribution is -2.32. The summed E-state index contributed by atoms with van der Waals surface area (Å²) in [5, 5.41) is 3.30. The zero-order chi connectivity index (χ0) is 8.81. The van der Waals surface area contributed by atoms with Crippen molar-refractivity contribution >= 4 is 5.97 Å². The first-order chi connectivity index (χ1) is 5.83. The lowest BCUT2D eigenvalue weighted by atomic mass is 10.0. The van der Waals surface area contributed by atoms with Crippen LogP contribution in [-0.2, 0) is 9.53 Å². The molecule has 0 bridgehead atoms. The van der Waals surface area contributed by atoms with Crippen LogP contribution < -0.4 is 5.32 Å². The Morgan fingerprint density at radius 2 is 2.42 bits per heavy atom. The van der Waals surface area contributed by atoms with E-state index in [1.165, 1.54) is 26.0 Å². The van der Waals surface area contributed by atoms with Crippen LogP contribution in [0.15, 0.2) is 12.2 Å². The number of rotatable bonds is 2. The quantitative estimate of drug-likeness (QED) is 0.492. The molecule has 0 aromatic heterocycles. The largest absolute Gasteiger partial charge is 0.466 e. The number of hydrogen-bond donors (Lipinski definition) is 1. The molecule has 0 spiro atoms. The number of carbonyl (C=O) groups excluding carboxylic acids is 1. The molecular weight excluding hydrogens is 154 g/mol. The number of carbonyl (C=O) groups is 1. The Balaban J connectivity index is 2.28. The van der Waals surface area contributed by atoms with E-state index < -0.39 is 0 Å². The van der Waals surface area contributed by atoms with E-state index in [0.29, 0.717) is 6.04 Å². The second-order valence-corrected chi connectivity index (χ2v) is 2.94. The molecule has 1 aliphatic heterocycles. The van der Waals surface area contributed by atoms with Gasteiger partial charge in [0.05, 0.1) is 7.11 Å². The average molecular weight is 169 g/mol. The Hall–Kier alpha value is -0.830. The topological polar surface area (TPSA) is 38.3 Å². The highest BCUT2D eigenvalue weighted by Crippen LogP contribution is 2.07. The van der Waals surface area contributed by atoms with Crippen LogP contribution in [0.4, 0.5) is 0 Å². The maximum absolute atomic E-state index is 10.7. The van der Waals surface area contributed by atoms with Gasteiger partial charge in [0.1, 0.15) is 0 Å². The van der Waals surface area contributed by atoms with Crippen molar-refractivity contribution < 1.29 is 9.53 Å². The molecule has 1 atom stereocenters. The number of esters is 1. The second-order valence-electron chi connectivity index (χ2n) is 2.94. The second kappa shape index (κ2) is 4.93. The SMILES string of the molecule is COC(=O)/C=C\C1CCCCN1. The van der Waals surface area contributed by atoms with Gasteiger partial charge in [0, 0.05) is 12.1 Å². The van der Waals surface area contributed by atoms with Crippen molar-refractivity contribution in [3.05, 3.63) is 12.2 Å². The van der Waals surface area contributed by atoms with E-state index in [2.05, 4.69) is 10.1 Å². The van der Waals surface area contributed by atoms with Gasteiger partial charge >= 0.3 is 5.97 Å². The van der Waals surface area contributed by atoms with Crippen LogP contribution in [0.3, 0.4) is 0 Å². The van der Waals surface area contributed by atoms with Gasteiger partial charge in [-0.05, 0) is 19.4 Å². The number of piperidine rings is 1. The molecular formula is C9H15NO2. The third-order valence-electron chi connectivity index (χ3n) is 2.01. The predicted octanol–water partition coefficient (Wildman–Crippen LogP) is 0.858. The molecule has 3 nitrogen and oxygen atoms in total. The molecule has 0 aromatic carbocycles. The monoisotopic (exact) mass is 169 g/mol. The molecule has 1 heterocycles. The van der Waals surface area contributed by atoms with E-state index in [9.17, 15) is 4.79 Å². The Kier molecular flexibility index (Phi) is 3.80. The summed E-state index contributed by atoms with van der Waals surface area (Å²) < 4.78 is 4.49. The van der Waals surface area contributed by atoms with Gasteiger partial charge in [-0.2, -0.15) is 0 Å². The summed E-state index contributed by atoms with van der Waals surface area (Å²) in [6.45, 7) is 1.05. The summed E-state index contributed by atoms with van der Waals surface area (Å²) in [4.78, 5) is 10.7. The minimum Gasteiger partial charge on any atom is -0.466 e. The zero-order valence-electron chi connectivity index (χ0n) is 7.38. The highest BCUT2D eigenvalue weighted by molar-refractivity contribution is 5.81. The first kappa shape index (κ1) is 9.26. The molecule has 1 N–H and O–H groups in total. The standard InChI is InChI=1S/C9H15NO2/c1-12-9(11)6-5-8-4-2-3-7-10-8/h5-6,8,10H,2-4,7H2,1H3/b6-5-. The third kappa shape index (κ3) is 3.05. The van der Waals surface area contributed by atoms with Gasteiger partial charge in [0.15, 0.2) is 0 Å². The van der Waals surface area contributed by atoms with E-state index >= 15 is 0 Å². The van der Waals surface area contributed by atoms with Crippen LogP contribution in [0.2, 0.25) is 0 Å². The van der Waals surface area contributed by atoms with Gasteiger partial charge in [-0.25, -0.2) is 4.79 Å². The summed E-state index contributed by atoms with van der Waals surface area (Å²) in [5.74, 6) is -0.276. The van der Waals surface area contributed by atoms with E-state index in [0.717, 1.165) is 13.0 Å². The maximum atomic E-state index is 10.7. The van der Waals surface area contributed by atoms with Crippen molar-refractivity contribution in [1.82, 2.24) is 5.32 Å². The van der Waals surface area contributed by atoms with Crippen LogP contribution in [0, 0.1) is 0 Å². The van der Waals surface area contributed by atoms with E-state index in [4.69, 9.17) is 0 Å². The molecule has 0 amide bonds. The minimum atomic E-state index is -0.276. The summed E-state index contributed by atoms with van der Waals surface area (Å²) in [5.41, 5.74) is 0. The third-order valence-corrected chi connectivity index (χ3v) is 2.01. The Labute approximate surface area is 72.8 Å². The molecule has 1 rings (SSSR count). The van der Waals surface area contributed by atoms with Gasteiger partial charge in [0.25, 0.3) is 0 Å².